The van der Waals surface area contributed by atoms with Gasteiger partial charge in [0.25, 0.3) is 0 Å². The van der Waals surface area contributed by atoms with Crippen LogP contribution in [0.4, 0.5) is 4.39 Å². The van der Waals surface area contributed by atoms with Crippen LogP contribution in [-0.4, -0.2) is 11.1 Å². The minimum atomic E-state index is -0.541. The fourth-order valence-corrected chi connectivity index (χ4v) is 3.36. The highest BCUT2D eigenvalue weighted by Crippen LogP contribution is 2.38. The van der Waals surface area contributed by atoms with E-state index in [2.05, 4.69) is 26.1 Å². The monoisotopic (exact) mass is 279 g/mol. The summed E-state index contributed by atoms with van der Waals surface area (Å²) in [4.78, 5) is 0. The SMILES string of the molecule is CC(C)(C)C1CCCCC1NCc1cccc(F)c1O. The van der Waals surface area contributed by atoms with Gasteiger partial charge in [-0.15, -0.1) is 0 Å². The van der Waals surface area contributed by atoms with E-state index >= 15 is 0 Å². The second kappa shape index (κ2) is 6.13. The van der Waals surface area contributed by atoms with Gasteiger partial charge in [0, 0.05) is 18.2 Å². The van der Waals surface area contributed by atoms with Crippen LogP contribution in [0.3, 0.4) is 0 Å². The molecule has 2 atom stereocenters. The van der Waals surface area contributed by atoms with Crippen LogP contribution in [0.15, 0.2) is 18.2 Å². The molecule has 20 heavy (non-hydrogen) atoms. The lowest BCUT2D eigenvalue weighted by atomic mass is 9.69. The predicted molar refractivity (Wildman–Crippen MR) is 80.1 cm³/mol. The first-order chi connectivity index (χ1) is 9.39. The number of nitrogens with one attached hydrogen (secondary N) is 1. The molecule has 1 aliphatic carbocycles. The van der Waals surface area contributed by atoms with Crippen molar-refractivity contribution < 1.29 is 9.50 Å². The molecule has 1 saturated carbocycles. The Bertz CT molecular complexity index is 453. The van der Waals surface area contributed by atoms with Crippen LogP contribution >= 0.6 is 0 Å². The number of halogens is 1. The van der Waals surface area contributed by atoms with Crippen molar-refractivity contribution in [2.75, 3.05) is 0 Å². The van der Waals surface area contributed by atoms with Crippen molar-refractivity contribution in [1.82, 2.24) is 5.32 Å². The van der Waals surface area contributed by atoms with E-state index < -0.39 is 5.82 Å². The zero-order chi connectivity index (χ0) is 14.8. The Balaban J connectivity index is 2.03. The molecule has 2 N–H and O–H groups in total. The topological polar surface area (TPSA) is 32.3 Å². The molecule has 2 rings (SSSR count). The fourth-order valence-electron chi connectivity index (χ4n) is 3.36. The van der Waals surface area contributed by atoms with Gasteiger partial charge in [-0.25, -0.2) is 4.39 Å². The van der Waals surface area contributed by atoms with E-state index in [-0.39, 0.29) is 11.2 Å². The Morgan fingerprint density at radius 3 is 2.65 bits per heavy atom. The first-order valence-electron chi connectivity index (χ1n) is 7.59. The zero-order valence-electron chi connectivity index (χ0n) is 12.7. The van der Waals surface area contributed by atoms with Gasteiger partial charge in [-0.3, -0.25) is 0 Å². The molecular weight excluding hydrogens is 253 g/mol. The minimum Gasteiger partial charge on any atom is -0.505 e. The summed E-state index contributed by atoms with van der Waals surface area (Å²) in [6.45, 7) is 7.40. The van der Waals surface area contributed by atoms with E-state index in [0.29, 0.717) is 24.1 Å². The molecule has 0 saturated heterocycles. The second-order valence-electron chi connectivity index (χ2n) is 6.99. The third kappa shape index (κ3) is 3.51. The van der Waals surface area contributed by atoms with Crippen molar-refractivity contribution in [3.05, 3.63) is 29.6 Å². The van der Waals surface area contributed by atoms with Gasteiger partial charge in [-0.1, -0.05) is 45.7 Å². The van der Waals surface area contributed by atoms with Gasteiger partial charge in [0.05, 0.1) is 0 Å². The Morgan fingerprint density at radius 2 is 1.95 bits per heavy atom. The molecule has 2 nitrogen and oxygen atoms in total. The van der Waals surface area contributed by atoms with Crippen molar-refractivity contribution in [3.8, 4) is 5.75 Å². The van der Waals surface area contributed by atoms with E-state index in [9.17, 15) is 9.50 Å². The number of phenols is 1. The zero-order valence-corrected chi connectivity index (χ0v) is 12.7. The van der Waals surface area contributed by atoms with Crippen LogP contribution in [0.2, 0.25) is 0 Å². The summed E-state index contributed by atoms with van der Waals surface area (Å²) in [5, 5.41) is 13.3. The quantitative estimate of drug-likeness (QED) is 0.868. The Morgan fingerprint density at radius 1 is 1.25 bits per heavy atom. The molecule has 0 aromatic heterocycles. The van der Waals surface area contributed by atoms with E-state index in [1.807, 2.05) is 0 Å². The van der Waals surface area contributed by atoms with Crippen molar-refractivity contribution in [1.29, 1.82) is 0 Å². The summed E-state index contributed by atoms with van der Waals surface area (Å²) in [6.07, 6.45) is 4.96. The highest BCUT2D eigenvalue weighted by Gasteiger charge is 2.33. The van der Waals surface area contributed by atoms with E-state index in [1.165, 1.54) is 25.3 Å². The Labute approximate surface area is 121 Å². The first-order valence-corrected chi connectivity index (χ1v) is 7.59. The fraction of sp³-hybridized carbons (Fsp3) is 0.647. The van der Waals surface area contributed by atoms with Gasteiger partial charge in [0.2, 0.25) is 0 Å². The van der Waals surface area contributed by atoms with Crippen molar-refractivity contribution in [3.63, 3.8) is 0 Å². The predicted octanol–water partition coefficient (Wildman–Crippen LogP) is 4.23. The minimum absolute atomic E-state index is 0.219. The van der Waals surface area contributed by atoms with Crippen LogP contribution in [0.1, 0.15) is 52.0 Å². The van der Waals surface area contributed by atoms with Crippen LogP contribution < -0.4 is 5.32 Å². The third-order valence-corrected chi connectivity index (χ3v) is 4.50. The van der Waals surface area contributed by atoms with Gasteiger partial charge in [-0.2, -0.15) is 0 Å². The number of para-hydroxylation sites is 1. The van der Waals surface area contributed by atoms with Crippen LogP contribution in [0.5, 0.6) is 5.75 Å². The summed E-state index contributed by atoms with van der Waals surface area (Å²) in [7, 11) is 0. The molecule has 0 radical (unpaired) electrons. The van der Waals surface area contributed by atoms with E-state index in [4.69, 9.17) is 0 Å². The molecule has 1 aromatic rings. The number of benzene rings is 1. The molecule has 1 aromatic carbocycles. The Hall–Kier alpha value is -1.09. The van der Waals surface area contributed by atoms with E-state index in [0.717, 1.165) is 6.42 Å². The van der Waals surface area contributed by atoms with Crippen LogP contribution in [-0.2, 0) is 6.54 Å². The first kappa shape index (κ1) is 15.3. The Kier molecular flexibility index (Phi) is 4.69. The smallest absolute Gasteiger partial charge is 0.165 e. The number of phenolic OH excluding ortho intramolecular Hbond substituents is 1. The number of aromatic hydroxyl groups is 1. The highest BCUT2D eigenvalue weighted by atomic mass is 19.1. The van der Waals surface area contributed by atoms with Gasteiger partial charge in [-0.05, 0) is 30.2 Å². The lowest BCUT2D eigenvalue weighted by Gasteiger charge is -2.41. The largest absolute Gasteiger partial charge is 0.505 e. The molecule has 0 bridgehead atoms. The maximum Gasteiger partial charge on any atom is 0.165 e. The normalized spacial score (nSPS) is 23.8. The van der Waals surface area contributed by atoms with Gasteiger partial charge >= 0.3 is 0 Å². The maximum atomic E-state index is 13.3. The highest BCUT2D eigenvalue weighted by molar-refractivity contribution is 5.33. The molecule has 112 valence electrons. The molecule has 0 aliphatic heterocycles. The van der Waals surface area contributed by atoms with Gasteiger partial charge in [0.1, 0.15) is 0 Å². The molecule has 3 heteroatoms. The molecule has 1 aliphatic rings. The standard InChI is InChI=1S/C17H26FNO/c1-17(2,3)13-8-4-5-10-15(13)19-11-12-7-6-9-14(18)16(12)20/h6-7,9,13,15,19-20H,4-5,8,10-11H2,1-3H3. The van der Waals surface area contributed by atoms with E-state index in [1.54, 1.807) is 12.1 Å². The molecule has 0 amide bonds. The maximum absolute atomic E-state index is 13.3. The summed E-state index contributed by atoms with van der Waals surface area (Å²) in [5.41, 5.74) is 0.922. The average molecular weight is 279 g/mol. The molecule has 1 fully saturated rings. The molecule has 2 unspecified atom stereocenters. The summed E-state index contributed by atoms with van der Waals surface area (Å²) >= 11 is 0. The summed E-state index contributed by atoms with van der Waals surface area (Å²) in [5.74, 6) is -0.129. The average Bonchev–Trinajstić information content (AvgIpc) is 2.40. The molecule has 0 spiro atoms. The molecular formula is C17H26FNO. The third-order valence-electron chi connectivity index (χ3n) is 4.50. The molecule has 0 heterocycles. The van der Waals surface area contributed by atoms with Gasteiger partial charge in [0.15, 0.2) is 11.6 Å². The lowest BCUT2D eigenvalue weighted by molar-refractivity contribution is 0.130. The lowest BCUT2D eigenvalue weighted by Crippen LogP contribution is -2.43. The summed E-state index contributed by atoms with van der Waals surface area (Å²) in [6, 6.07) is 5.16. The van der Waals surface area contributed by atoms with Crippen molar-refractivity contribution in [2.45, 2.75) is 59.0 Å². The van der Waals surface area contributed by atoms with Crippen molar-refractivity contribution >= 4 is 0 Å². The number of rotatable bonds is 3. The van der Waals surface area contributed by atoms with Crippen LogP contribution in [0.25, 0.3) is 0 Å². The van der Waals surface area contributed by atoms with Crippen molar-refractivity contribution in [2.24, 2.45) is 11.3 Å². The van der Waals surface area contributed by atoms with Crippen LogP contribution in [0, 0.1) is 17.2 Å². The second-order valence-corrected chi connectivity index (χ2v) is 6.99. The number of hydrogen-bond donors (Lipinski definition) is 2. The number of hydrogen-bond acceptors (Lipinski definition) is 2. The summed E-state index contributed by atoms with van der Waals surface area (Å²) < 4.78 is 13.3. The van der Waals surface area contributed by atoms with Gasteiger partial charge < -0.3 is 10.4 Å².